The molecular formula is C11H13FN4O2. The summed E-state index contributed by atoms with van der Waals surface area (Å²) in [4.78, 5) is 1.32. The van der Waals surface area contributed by atoms with Crippen molar-refractivity contribution in [1.29, 1.82) is 0 Å². The van der Waals surface area contributed by atoms with Crippen molar-refractivity contribution < 1.29 is 14.2 Å². The predicted molar refractivity (Wildman–Crippen MR) is 60.2 cm³/mol. The number of hydrogen-bond acceptors (Lipinski definition) is 5. The lowest BCUT2D eigenvalue weighted by Gasteiger charge is -2.08. The summed E-state index contributed by atoms with van der Waals surface area (Å²) in [7, 11) is 1.65. The van der Waals surface area contributed by atoms with Crippen LogP contribution in [0.3, 0.4) is 0 Å². The Morgan fingerprint density at radius 1 is 1.50 bits per heavy atom. The predicted octanol–water partition coefficient (Wildman–Crippen LogP) is 0.981. The highest BCUT2D eigenvalue weighted by molar-refractivity contribution is 5.30. The summed E-state index contributed by atoms with van der Waals surface area (Å²) in [6.07, 6.45) is -0.847. The number of tetrazole rings is 1. The molecule has 1 aromatic heterocycles. The van der Waals surface area contributed by atoms with E-state index in [1.807, 2.05) is 0 Å². The first-order valence-corrected chi connectivity index (χ1v) is 5.39. The minimum Gasteiger partial charge on any atom is -0.485 e. The molecule has 18 heavy (non-hydrogen) atoms. The molecule has 1 N–H and O–H groups in total. The third-order valence-electron chi connectivity index (χ3n) is 2.34. The molecule has 0 fully saturated rings. The van der Waals surface area contributed by atoms with Gasteiger partial charge in [-0.1, -0.05) is 0 Å². The van der Waals surface area contributed by atoms with Crippen molar-refractivity contribution in [2.24, 2.45) is 7.05 Å². The molecule has 1 atom stereocenters. The van der Waals surface area contributed by atoms with Crippen molar-refractivity contribution in [3.63, 3.8) is 0 Å². The Bertz CT molecular complexity index is 542. The van der Waals surface area contributed by atoms with E-state index in [4.69, 9.17) is 4.74 Å². The second kappa shape index (κ2) is 5.09. The molecule has 1 aromatic carbocycles. The fraction of sp³-hybridized carbons (Fsp3) is 0.364. The van der Waals surface area contributed by atoms with Gasteiger partial charge >= 0.3 is 0 Å². The van der Waals surface area contributed by atoms with E-state index >= 15 is 0 Å². The maximum atomic E-state index is 13.5. The van der Waals surface area contributed by atoms with Crippen LogP contribution in [0.1, 0.15) is 24.4 Å². The van der Waals surface area contributed by atoms with Gasteiger partial charge in [-0.3, -0.25) is 0 Å². The molecule has 0 radical (unpaired) electrons. The van der Waals surface area contributed by atoms with Gasteiger partial charge in [0, 0.05) is 11.6 Å². The van der Waals surface area contributed by atoms with Crippen molar-refractivity contribution in [3.8, 4) is 5.75 Å². The summed E-state index contributed by atoms with van der Waals surface area (Å²) < 4.78 is 18.9. The van der Waals surface area contributed by atoms with Crippen LogP contribution in [-0.4, -0.2) is 25.3 Å². The van der Waals surface area contributed by atoms with Crippen LogP contribution >= 0.6 is 0 Å². The first kappa shape index (κ1) is 12.4. The number of aromatic nitrogens is 4. The number of aryl methyl sites for hydroxylation is 1. The van der Waals surface area contributed by atoms with E-state index in [0.29, 0.717) is 11.6 Å². The van der Waals surface area contributed by atoms with Crippen molar-refractivity contribution >= 4 is 0 Å². The number of aliphatic hydroxyl groups excluding tert-OH is 1. The highest BCUT2D eigenvalue weighted by Gasteiger charge is 2.09. The van der Waals surface area contributed by atoms with E-state index in [1.165, 1.54) is 23.9 Å². The smallest absolute Gasteiger partial charge is 0.212 e. The molecule has 2 rings (SSSR count). The molecule has 6 nitrogen and oxygen atoms in total. The molecule has 0 aliphatic rings. The highest BCUT2D eigenvalue weighted by Crippen LogP contribution is 2.21. The SMILES string of the molecule is C[C@H](O)c1ccc(OCc2nnn(C)n2)cc1F. The van der Waals surface area contributed by atoms with E-state index in [9.17, 15) is 9.50 Å². The largest absolute Gasteiger partial charge is 0.485 e. The number of ether oxygens (including phenoxy) is 1. The third kappa shape index (κ3) is 2.80. The Morgan fingerprint density at radius 3 is 2.83 bits per heavy atom. The van der Waals surface area contributed by atoms with E-state index in [1.54, 1.807) is 13.1 Å². The number of benzene rings is 1. The van der Waals surface area contributed by atoms with Gasteiger partial charge in [-0.05, 0) is 24.3 Å². The van der Waals surface area contributed by atoms with Crippen LogP contribution in [0.2, 0.25) is 0 Å². The van der Waals surface area contributed by atoms with E-state index in [0.717, 1.165) is 0 Å². The topological polar surface area (TPSA) is 73.1 Å². The minimum absolute atomic E-state index is 0.112. The second-order valence-electron chi connectivity index (χ2n) is 3.84. The number of aliphatic hydroxyl groups is 1. The summed E-state index contributed by atoms with van der Waals surface area (Å²) in [5.41, 5.74) is 0.236. The van der Waals surface area contributed by atoms with Crippen molar-refractivity contribution in [2.45, 2.75) is 19.6 Å². The summed E-state index contributed by atoms with van der Waals surface area (Å²) >= 11 is 0. The molecule has 0 saturated heterocycles. The second-order valence-corrected chi connectivity index (χ2v) is 3.84. The Labute approximate surface area is 103 Å². The average molecular weight is 252 g/mol. The Morgan fingerprint density at radius 2 is 2.28 bits per heavy atom. The zero-order valence-electron chi connectivity index (χ0n) is 10.0. The van der Waals surface area contributed by atoms with E-state index < -0.39 is 11.9 Å². The van der Waals surface area contributed by atoms with Crippen LogP contribution in [0.5, 0.6) is 5.75 Å². The Kier molecular flexibility index (Phi) is 3.52. The standard InChI is InChI=1S/C11H13FN4O2/c1-7(17)9-4-3-8(5-10(9)12)18-6-11-13-15-16(2)14-11/h3-5,7,17H,6H2,1-2H3/t7-/m0/s1. The lowest BCUT2D eigenvalue weighted by atomic mass is 10.1. The number of nitrogens with zero attached hydrogens (tertiary/aromatic N) is 4. The number of rotatable bonds is 4. The van der Waals surface area contributed by atoms with Crippen LogP contribution in [-0.2, 0) is 13.7 Å². The lowest BCUT2D eigenvalue weighted by molar-refractivity contribution is 0.193. The summed E-state index contributed by atoms with van der Waals surface area (Å²) in [5.74, 6) is 0.261. The maximum absolute atomic E-state index is 13.5. The van der Waals surface area contributed by atoms with Crippen molar-refractivity contribution in [3.05, 3.63) is 35.4 Å². The van der Waals surface area contributed by atoms with Gasteiger partial charge < -0.3 is 9.84 Å². The first-order chi connectivity index (χ1) is 8.56. The molecule has 7 heteroatoms. The first-order valence-electron chi connectivity index (χ1n) is 5.39. The number of halogens is 1. The van der Waals surface area contributed by atoms with Gasteiger partial charge in [-0.2, -0.15) is 4.80 Å². The lowest BCUT2D eigenvalue weighted by Crippen LogP contribution is -2.01. The van der Waals surface area contributed by atoms with Crippen molar-refractivity contribution in [2.75, 3.05) is 0 Å². The van der Waals surface area contributed by atoms with E-state index in [-0.39, 0.29) is 12.2 Å². The van der Waals surface area contributed by atoms with Gasteiger partial charge in [0.05, 0.1) is 13.2 Å². The molecule has 0 saturated carbocycles. The third-order valence-corrected chi connectivity index (χ3v) is 2.34. The van der Waals surface area contributed by atoms with Crippen LogP contribution in [0, 0.1) is 5.82 Å². The molecule has 0 amide bonds. The molecule has 96 valence electrons. The van der Waals surface area contributed by atoms with Gasteiger partial charge in [0.15, 0.2) is 6.61 Å². The molecule has 0 unspecified atom stereocenters. The van der Waals surface area contributed by atoms with Crippen LogP contribution in [0.15, 0.2) is 18.2 Å². The van der Waals surface area contributed by atoms with E-state index in [2.05, 4.69) is 15.4 Å². The fourth-order valence-electron chi connectivity index (χ4n) is 1.47. The summed E-state index contributed by atoms with van der Waals surface area (Å²) in [6.45, 7) is 1.61. The Balaban J connectivity index is 2.04. The Hall–Kier alpha value is -2.02. The number of hydrogen-bond donors (Lipinski definition) is 1. The van der Waals surface area contributed by atoms with Crippen LogP contribution < -0.4 is 4.74 Å². The summed E-state index contributed by atoms with van der Waals surface area (Å²) in [6, 6.07) is 4.29. The van der Waals surface area contributed by atoms with Gasteiger partial charge in [-0.25, -0.2) is 4.39 Å². The zero-order chi connectivity index (χ0) is 13.1. The van der Waals surface area contributed by atoms with Gasteiger partial charge in [0.1, 0.15) is 11.6 Å². The van der Waals surface area contributed by atoms with Gasteiger partial charge in [-0.15, -0.1) is 10.2 Å². The van der Waals surface area contributed by atoms with Gasteiger partial charge in [0.25, 0.3) is 0 Å². The zero-order valence-corrected chi connectivity index (χ0v) is 10.0. The van der Waals surface area contributed by atoms with Crippen LogP contribution in [0.25, 0.3) is 0 Å². The van der Waals surface area contributed by atoms with Gasteiger partial charge in [0.2, 0.25) is 5.82 Å². The average Bonchev–Trinajstić information content (AvgIpc) is 2.72. The quantitative estimate of drug-likeness (QED) is 0.878. The molecule has 0 aliphatic heterocycles. The molecule has 1 heterocycles. The van der Waals surface area contributed by atoms with Crippen molar-refractivity contribution in [1.82, 2.24) is 20.2 Å². The maximum Gasteiger partial charge on any atom is 0.212 e. The monoisotopic (exact) mass is 252 g/mol. The molecule has 0 spiro atoms. The molecule has 0 aliphatic carbocycles. The fourth-order valence-corrected chi connectivity index (χ4v) is 1.47. The summed E-state index contributed by atoms with van der Waals surface area (Å²) in [5, 5.41) is 20.6. The normalized spacial score (nSPS) is 12.4. The molecule has 0 bridgehead atoms. The van der Waals surface area contributed by atoms with Crippen LogP contribution in [0.4, 0.5) is 4.39 Å². The molecule has 2 aromatic rings. The molecular weight excluding hydrogens is 239 g/mol. The highest BCUT2D eigenvalue weighted by atomic mass is 19.1. The minimum atomic E-state index is -0.847.